The summed E-state index contributed by atoms with van der Waals surface area (Å²) in [5, 5.41) is 3.38. The number of hydrogen-bond acceptors (Lipinski definition) is 4. The van der Waals surface area contributed by atoms with Gasteiger partial charge >= 0.3 is 0 Å². The van der Waals surface area contributed by atoms with Crippen molar-refractivity contribution in [3.8, 4) is 17.2 Å². The van der Waals surface area contributed by atoms with Crippen molar-refractivity contribution in [2.45, 2.75) is 39.8 Å². The van der Waals surface area contributed by atoms with Gasteiger partial charge < -0.3 is 19.5 Å². The van der Waals surface area contributed by atoms with Crippen LogP contribution in [0, 0.1) is 0 Å². The number of nitrogens with one attached hydrogen (secondary N) is 1. The van der Waals surface area contributed by atoms with E-state index in [0.29, 0.717) is 6.79 Å². The van der Waals surface area contributed by atoms with E-state index in [4.69, 9.17) is 14.2 Å². The molecule has 0 amide bonds. The van der Waals surface area contributed by atoms with E-state index in [2.05, 4.69) is 12.2 Å². The van der Waals surface area contributed by atoms with E-state index in [1.54, 1.807) is 0 Å². The highest BCUT2D eigenvalue weighted by Crippen LogP contribution is 2.38. The molecule has 1 heterocycles. The van der Waals surface area contributed by atoms with Crippen LogP contribution >= 0.6 is 0 Å². The predicted molar refractivity (Wildman–Crippen MR) is 70.3 cm³/mol. The SMILES string of the molecule is CCCNCc1cc2c(cc1OC(C)C)OCO2. The Bertz CT molecular complexity index is 404. The van der Waals surface area contributed by atoms with Gasteiger partial charge in [0.1, 0.15) is 5.75 Å². The van der Waals surface area contributed by atoms with E-state index in [1.807, 2.05) is 26.0 Å². The zero-order valence-electron chi connectivity index (χ0n) is 11.3. The Hall–Kier alpha value is -1.42. The molecular weight excluding hydrogens is 230 g/mol. The summed E-state index contributed by atoms with van der Waals surface area (Å²) in [4.78, 5) is 0. The van der Waals surface area contributed by atoms with Crippen molar-refractivity contribution >= 4 is 0 Å². The van der Waals surface area contributed by atoms with E-state index in [1.165, 1.54) is 0 Å². The smallest absolute Gasteiger partial charge is 0.231 e. The highest BCUT2D eigenvalue weighted by atomic mass is 16.7. The van der Waals surface area contributed by atoms with Gasteiger partial charge in [-0.15, -0.1) is 0 Å². The second kappa shape index (κ2) is 5.96. The molecular formula is C14H21NO3. The van der Waals surface area contributed by atoms with E-state index in [9.17, 15) is 0 Å². The van der Waals surface area contributed by atoms with Crippen molar-refractivity contribution in [2.24, 2.45) is 0 Å². The van der Waals surface area contributed by atoms with Crippen LogP contribution in [0.15, 0.2) is 12.1 Å². The van der Waals surface area contributed by atoms with E-state index in [-0.39, 0.29) is 6.10 Å². The van der Waals surface area contributed by atoms with Gasteiger partial charge in [-0.05, 0) is 32.9 Å². The van der Waals surface area contributed by atoms with Gasteiger partial charge in [-0.1, -0.05) is 6.92 Å². The van der Waals surface area contributed by atoms with Gasteiger partial charge in [-0.25, -0.2) is 0 Å². The van der Waals surface area contributed by atoms with E-state index in [0.717, 1.165) is 42.3 Å². The fraction of sp³-hybridized carbons (Fsp3) is 0.571. The molecule has 0 aliphatic carbocycles. The summed E-state index contributed by atoms with van der Waals surface area (Å²) in [5.41, 5.74) is 1.11. The fourth-order valence-electron chi connectivity index (χ4n) is 1.87. The summed E-state index contributed by atoms with van der Waals surface area (Å²) >= 11 is 0. The summed E-state index contributed by atoms with van der Waals surface area (Å²) in [7, 11) is 0. The molecule has 1 N–H and O–H groups in total. The quantitative estimate of drug-likeness (QED) is 0.789. The minimum Gasteiger partial charge on any atom is -0.491 e. The van der Waals surface area contributed by atoms with Gasteiger partial charge in [0, 0.05) is 18.2 Å². The molecule has 0 saturated carbocycles. The molecule has 0 unspecified atom stereocenters. The highest BCUT2D eigenvalue weighted by Gasteiger charge is 2.18. The lowest BCUT2D eigenvalue weighted by Gasteiger charge is -2.15. The van der Waals surface area contributed by atoms with Gasteiger partial charge in [0.25, 0.3) is 0 Å². The molecule has 0 bridgehead atoms. The molecule has 0 saturated heterocycles. The van der Waals surface area contributed by atoms with Crippen molar-refractivity contribution in [2.75, 3.05) is 13.3 Å². The third kappa shape index (κ3) is 3.07. The molecule has 0 atom stereocenters. The summed E-state index contributed by atoms with van der Waals surface area (Å²) < 4.78 is 16.6. The molecule has 1 aromatic rings. The molecule has 1 aliphatic heterocycles. The first-order chi connectivity index (χ1) is 8.70. The predicted octanol–water partition coefficient (Wildman–Crippen LogP) is 2.70. The Balaban J connectivity index is 2.18. The van der Waals surface area contributed by atoms with Crippen LogP contribution in [0.2, 0.25) is 0 Å². The molecule has 100 valence electrons. The number of hydrogen-bond donors (Lipinski definition) is 1. The van der Waals surface area contributed by atoms with Gasteiger partial charge in [0.05, 0.1) is 6.10 Å². The Morgan fingerprint density at radius 3 is 2.67 bits per heavy atom. The monoisotopic (exact) mass is 251 g/mol. The number of benzene rings is 1. The van der Waals surface area contributed by atoms with E-state index < -0.39 is 0 Å². The zero-order chi connectivity index (χ0) is 13.0. The average Bonchev–Trinajstić information content (AvgIpc) is 2.75. The zero-order valence-corrected chi connectivity index (χ0v) is 11.3. The van der Waals surface area contributed by atoms with Gasteiger partial charge in [-0.2, -0.15) is 0 Å². The maximum atomic E-state index is 5.83. The first kappa shape index (κ1) is 13.0. The first-order valence-electron chi connectivity index (χ1n) is 6.50. The highest BCUT2D eigenvalue weighted by molar-refractivity contribution is 5.51. The number of ether oxygens (including phenoxy) is 3. The Kier molecular flexibility index (Phi) is 4.31. The van der Waals surface area contributed by atoms with Gasteiger partial charge in [0.2, 0.25) is 6.79 Å². The molecule has 0 fully saturated rings. The summed E-state index contributed by atoms with van der Waals surface area (Å²) in [6, 6.07) is 3.92. The summed E-state index contributed by atoms with van der Waals surface area (Å²) in [5.74, 6) is 2.45. The Morgan fingerprint density at radius 1 is 1.28 bits per heavy atom. The second-order valence-corrected chi connectivity index (χ2v) is 4.66. The average molecular weight is 251 g/mol. The van der Waals surface area contributed by atoms with Crippen molar-refractivity contribution in [1.82, 2.24) is 5.32 Å². The van der Waals surface area contributed by atoms with E-state index >= 15 is 0 Å². The lowest BCUT2D eigenvalue weighted by atomic mass is 10.1. The standard InChI is InChI=1S/C14H21NO3/c1-4-5-15-8-11-6-13-14(17-9-16-13)7-12(11)18-10(2)3/h6-7,10,15H,4-5,8-9H2,1-3H3. The molecule has 0 aromatic heterocycles. The lowest BCUT2D eigenvalue weighted by Crippen LogP contribution is -2.16. The van der Waals surface area contributed by atoms with Crippen LogP contribution in [0.5, 0.6) is 17.2 Å². The second-order valence-electron chi connectivity index (χ2n) is 4.66. The molecule has 18 heavy (non-hydrogen) atoms. The van der Waals surface area contributed by atoms with Crippen LogP contribution in [0.4, 0.5) is 0 Å². The molecule has 0 radical (unpaired) electrons. The normalized spacial score (nSPS) is 13.1. The lowest BCUT2D eigenvalue weighted by molar-refractivity contribution is 0.173. The third-order valence-electron chi connectivity index (χ3n) is 2.66. The molecule has 1 aromatic carbocycles. The molecule has 1 aliphatic rings. The molecule has 4 heteroatoms. The summed E-state index contributed by atoms with van der Waals surface area (Å²) in [6.07, 6.45) is 1.26. The fourth-order valence-corrected chi connectivity index (χ4v) is 1.87. The molecule has 2 rings (SSSR count). The molecule has 0 spiro atoms. The van der Waals surface area contributed by atoms with Crippen LogP contribution in [-0.2, 0) is 6.54 Å². The number of rotatable bonds is 6. The van der Waals surface area contributed by atoms with Gasteiger partial charge in [0.15, 0.2) is 11.5 Å². The number of fused-ring (bicyclic) bond motifs is 1. The van der Waals surface area contributed by atoms with Crippen molar-refractivity contribution in [3.05, 3.63) is 17.7 Å². The third-order valence-corrected chi connectivity index (χ3v) is 2.66. The maximum absolute atomic E-state index is 5.83. The topological polar surface area (TPSA) is 39.7 Å². The Morgan fingerprint density at radius 2 is 2.00 bits per heavy atom. The Labute approximate surface area is 108 Å². The van der Waals surface area contributed by atoms with Crippen LogP contribution in [-0.4, -0.2) is 19.4 Å². The van der Waals surface area contributed by atoms with Crippen LogP contribution in [0.25, 0.3) is 0 Å². The van der Waals surface area contributed by atoms with Crippen molar-refractivity contribution in [3.63, 3.8) is 0 Å². The minimum atomic E-state index is 0.148. The molecule has 4 nitrogen and oxygen atoms in total. The minimum absolute atomic E-state index is 0.148. The van der Waals surface area contributed by atoms with Crippen molar-refractivity contribution in [1.29, 1.82) is 0 Å². The summed E-state index contributed by atoms with van der Waals surface area (Å²) in [6.45, 7) is 8.27. The van der Waals surface area contributed by atoms with Crippen molar-refractivity contribution < 1.29 is 14.2 Å². The van der Waals surface area contributed by atoms with Crippen LogP contribution in [0.3, 0.4) is 0 Å². The largest absolute Gasteiger partial charge is 0.491 e. The van der Waals surface area contributed by atoms with Crippen LogP contribution in [0.1, 0.15) is 32.8 Å². The maximum Gasteiger partial charge on any atom is 0.231 e. The first-order valence-corrected chi connectivity index (χ1v) is 6.50. The van der Waals surface area contributed by atoms with Crippen LogP contribution < -0.4 is 19.5 Å². The van der Waals surface area contributed by atoms with Gasteiger partial charge in [-0.3, -0.25) is 0 Å².